The minimum Gasteiger partial charge on any atom is -0.481 e. The standard InChI is InChI=1S/C17H31NO6/c1-6-7-12(4)8-14(9-15(19)20)10-18-17(22)24-13(5)23-16(21)11(2)3/h11-14H,6-10H2,1-5H3,(H,18,22)(H,19,20)/t12-,13-,14+/m1/s1. The van der Waals surface area contributed by atoms with E-state index in [2.05, 4.69) is 19.2 Å². The van der Waals surface area contributed by atoms with Crippen molar-refractivity contribution >= 4 is 18.0 Å². The highest BCUT2D eigenvalue weighted by atomic mass is 16.7. The van der Waals surface area contributed by atoms with Gasteiger partial charge < -0.3 is 19.9 Å². The van der Waals surface area contributed by atoms with Gasteiger partial charge in [-0.1, -0.05) is 40.5 Å². The molecule has 0 unspecified atom stereocenters. The summed E-state index contributed by atoms with van der Waals surface area (Å²) >= 11 is 0. The number of carbonyl (C=O) groups is 3. The molecule has 0 rings (SSSR count). The Morgan fingerprint density at radius 1 is 1.08 bits per heavy atom. The Kier molecular flexibility index (Phi) is 10.8. The number of rotatable bonds is 11. The van der Waals surface area contributed by atoms with Gasteiger partial charge in [-0.3, -0.25) is 9.59 Å². The number of ether oxygens (including phenoxy) is 2. The molecule has 0 heterocycles. The Balaban J connectivity index is 4.33. The van der Waals surface area contributed by atoms with Gasteiger partial charge in [0, 0.05) is 19.9 Å². The molecule has 2 N–H and O–H groups in total. The average Bonchev–Trinajstić information content (AvgIpc) is 2.44. The summed E-state index contributed by atoms with van der Waals surface area (Å²) in [7, 11) is 0. The van der Waals surface area contributed by atoms with Gasteiger partial charge in [0.1, 0.15) is 0 Å². The molecule has 0 aromatic rings. The first-order valence-corrected chi connectivity index (χ1v) is 8.52. The number of amides is 1. The zero-order valence-corrected chi connectivity index (χ0v) is 15.3. The van der Waals surface area contributed by atoms with Gasteiger partial charge in [-0.15, -0.1) is 0 Å². The van der Waals surface area contributed by atoms with Crippen molar-refractivity contribution in [2.45, 2.75) is 66.6 Å². The van der Waals surface area contributed by atoms with Crippen molar-refractivity contribution in [2.75, 3.05) is 6.54 Å². The van der Waals surface area contributed by atoms with E-state index >= 15 is 0 Å². The minimum atomic E-state index is -0.989. The Hall–Kier alpha value is -1.79. The molecule has 7 nitrogen and oxygen atoms in total. The third-order valence-corrected chi connectivity index (χ3v) is 3.54. The monoisotopic (exact) mass is 345 g/mol. The van der Waals surface area contributed by atoms with Crippen molar-refractivity contribution in [3.63, 3.8) is 0 Å². The average molecular weight is 345 g/mol. The zero-order valence-electron chi connectivity index (χ0n) is 15.3. The molecule has 24 heavy (non-hydrogen) atoms. The molecule has 0 aromatic heterocycles. The Morgan fingerprint density at radius 2 is 1.71 bits per heavy atom. The van der Waals surface area contributed by atoms with Crippen LogP contribution in [0.2, 0.25) is 0 Å². The van der Waals surface area contributed by atoms with Crippen molar-refractivity contribution in [1.82, 2.24) is 5.32 Å². The first-order chi connectivity index (χ1) is 11.1. The number of nitrogens with one attached hydrogen (secondary N) is 1. The van der Waals surface area contributed by atoms with Gasteiger partial charge >= 0.3 is 18.0 Å². The van der Waals surface area contributed by atoms with Gasteiger partial charge in [0.25, 0.3) is 0 Å². The fourth-order valence-electron chi connectivity index (χ4n) is 2.41. The number of carboxylic acid groups (broad SMARTS) is 1. The second-order valence-electron chi connectivity index (χ2n) is 6.54. The number of hydrogen-bond acceptors (Lipinski definition) is 5. The summed E-state index contributed by atoms with van der Waals surface area (Å²) in [6.07, 6.45) is 1.05. The highest BCUT2D eigenvalue weighted by molar-refractivity contribution is 5.72. The summed E-state index contributed by atoms with van der Waals surface area (Å²) in [4.78, 5) is 34.1. The van der Waals surface area contributed by atoms with Crippen LogP contribution < -0.4 is 5.32 Å². The molecule has 0 spiro atoms. The van der Waals surface area contributed by atoms with E-state index in [4.69, 9.17) is 14.6 Å². The molecule has 0 saturated carbocycles. The zero-order chi connectivity index (χ0) is 18.7. The number of carbonyl (C=O) groups excluding carboxylic acids is 2. The predicted octanol–water partition coefficient (Wildman–Crippen LogP) is 3.18. The molecule has 0 aromatic carbocycles. The van der Waals surface area contributed by atoms with Crippen LogP contribution in [-0.4, -0.2) is 36.0 Å². The van der Waals surface area contributed by atoms with Gasteiger partial charge in [0.15, 0.2) is 0 Å². The summed E-state index contributed by atoms with van der Waals surface area (Å²) in [6.45, 7) is 9.19. The SMILES string of the molecule is CCC[C@@H](C)C[C@H](CNC(=O)O[C@H](C)OC(=O)C(C)C)CC(=O)O. The van der Waals surface area contributed by atoms with E-state index in [0.717, 1.165) is 19.3 Å². The molecule has 0 aliphatic carbocycles. The second kappa shape index (κ2) is 11.7. The van der Waals surface area contributed by atoms with Crippen LogP contribution in [0.5, 0.6) is 0 Å². The summed E-state index contributed by atoms with van der Waals surface area (Å²) in [5.74, 6) is -1.42. The van der Waals surface area contributed by atoms with Crippen molar-refractivity contribution < 1.29 is 29.0 Å². The van der Waals surface area contributed by atoms with Crippen LogP contribution in [0.1, 0.15) is 60.3 Å². The molecule has 3 atom stereocenters. The van der Waals surface area contributed by atoms with Crippen LogP contribution in [0.25, 0.3) is 0 Å². The molecule has 0 saturated heterocycles. The number of alkyl carbamates (subject to hydrolysis) is 1. The van der Waals surface area contributed by atoms with E-state index in [1.54, 1.807) is 13.8 Å². The third-order valence-electron chi connectivity index (χ3n) is 3.54. The van der Waals surface area contributed by atoms with Crippen molar-refractivity contribution in [2.24, 2.45) is 17.8 Å². The van der Waals surface area contributed by atoms with Gasteiger partial charge in [0.05, 0.1) is 5.92 Å². The number of carboxylic acids is 1. The normalized spacial score (nSPS) is 14.6. The maximum atomic E-state index is 11.7. The molecule has 0 bridgehead atoms. The van der Waals surface area contributed by atoms with Crippen LogP contribution >= 0.6 is 0 Å². The van der Waals surface area contributed by atoms with Crippen LogP contribution in [0.3, 0.4) is 0 Å². The third kappa shape index (κ3) is 10.9. The second-order valence-corrected chi connectivity index (χ2v) is 6.54. The molecule has 7 heteroatoms. The van der Waals surface area contributed by atoms with Crippen molar-refractivity contribution in [1.29, 1.82) is 0 Å². The van der Waals surface area contributed by atoms with Gasteiger partial charge in [0.2, 0.25) is 6.29 Å². The molecule has 0 fully saturated rings. The van der Waals surface area contributed by atoms with E-state index in [1.165, 1.54) is 6.92 Å². The predicted molar refractivity (Wildman–Crippen MR) is 89.3 cm³/mol. The van der Waals surface area contributed by atoms with E-state index in [0.29, 0.717) is 5.92 Å². The molecular formula is C17H31NO6. The fourth-order valence-corrected chi connectivity index (χ4v) is 2.41. The van der Waals surface area contributed by atoms with E-state index in [-0.39, 0.29) is 24.8 Å². The van der Waals surface area contributed by atoms with Gasteiger partial charge in [-0.25, -0.2) is 4.79 Å². The maximum absolute atomic E-state index is 11.7. The summed E-state index contributed by atoms with van der Waals surface area (Å²) in [5, 5.41) is 11.5. The molecule has 0 aliphatic heterocycles. The highest BCUT2D eigenvalue weighted by Crippen LogP contribution is 2.19. The smallest absolute Gasteiger partial charge is 0.410 e. The lowest BCUT2D eigenvalue weighted by molar-refractivity contribution is -0.168. The Bertz CT molecular complexity index is 410. The van der Waals surface area contributed by atoms with Crippen LogP contribution in [0.4, 0.5) is 4.79 Å². The lowest BCUT2D eigenvalue weighted by Gasteiger charge is -2.21. The number of aliphatic carboxylic acids is 1. The Morgan fingerprint density at radius 3 is 2.21 bits per heavy atom. The molecule has 140 valence electrons. The first kappa shape index (κ1) is 22.2. The largest absolute Gasteiger partial charge is 0.481 e. The lowest BCUT2D eigenvalue weighted by Crippen LogP contribution is -2.35. The van der Waals surface area contributed by atoms with Crippen LogP contribution in [-0.2, 0) is 19.1 Å². The fraction of sp³-hybridized carbons (Fsp3) is 0.824. The van der Waals surface area contributed by atoms with E-state index in [1.807, 2.05) is 0 Å². The highest BCUT2D eigenvalue weighted by Gasteiger charge is 2.20. The van der Waals surface area contributed by atoms with Crippen LogP contribution in [0, 0.1) is 17.8 Å². The number of hydrogen-bond donors (Lipinski definition) is 2. The van der Waals surface area contributed by atoms with Crippen molar-refractivity contribution in [3.05, 3.63) is 0 Å². The molecule has 1 amide bonds. The van der Waals surface area contributed by atoms with Gasteiger partial charge in [-0.05, 0) is 18.3 Å². The van der Waals surface area contributed by atoms with Crippen molar-refractivity contribution in [3.8, 4) is 0 Å². The molecule has 0 radical (unpaired) electrons. The summed E-state index contributed by atoms with van der Waals surface area (Å²) < 4.78 is 9.87. The van der Waals surface area contributed by atoms with Gasteiger partial charge in [-0.2, -0.15) is 0 Å². The maximum Gasteiger partial charge on any atom is 0.410 e. The van der Waals surface area contributed by atoms with Crippen LogP contribution in [0.15, 0.2) is 0 Å². The quantitative estimate of drug-likeness (QED) is 0.440. The Labute approximate surface area is 144 Å². The summed E-state index contributed by atoms with van der Waals surface area (Å²) in [5.41, 5.74) is 0. The molecular weight excluding hydrogens is 314 g/mol. The first-order valence-electron chi connectivity index (χ1n) is 8.52. The topological polar surface area (TPSA) is 102 Å². The summed E-state index contributed by atoms with van der Waals surface area (Å²) in [6, 6.07) is 0. The molecule has 0 aliphatic rings. The minimum absolute atomic E-state index is 0.00772. The van der Waals surface area contributed by atoms with E-state index in [9.17, 15) is 14.4 Å². The lowest BCUT2D eigenvalue weighted by atomic mass is 9.90. The van der Waals surface area contributed by atoms with E-state index < -0.39 is 24.3 Å². The number of esters is 1.